The summed E-state index contributed by atoms with van der Waals surface area (Å²) in [4.78, 5) is 4.62. The molecule has 5 rings (SSSR count). The van der Waals surface area contributed by atoms with E-state index in [9.17, 15) is 0 Å². The molecule has 1 aliphatic heterocycles. The Kier molecular flexibility index (Phi) is 5.23. The van der Waals surface area contributed by atoms with Crippen LogP contribution in [0.3, 0.4) is 0 Å². The lowest BCUT2D eigenvalue weighted by molar-refractivity contribution is -0.555. The van der Waals surface area contributed by atoms with Crippen LogP contribution in [0.2, 0.25) is 0 Å². The van der Waals surface area contributed by atoms with Crippen molar-refractivity contribution in [3.8, 4) is 17.1 Å². The Balaban J connectivity index is 1.34. The molecule has 7 heteroatoms. The van der Waals surface area contributed by atoms with Gasteiger partial charge < -0.3 is 9.26 Å². The zero-order chi connectivity index (χ0) is 22.1. The second kappa shape index (κ2) is 8.34. The number of hydrogen-bond donors (Lipinski definition) is 2. The Labute approximate surface area is 186 Å². The zero-order valence-corrected chi connectivity index (χ0v) is 18.0. The van der Waals surface area contributed by atoms with Crippen LogP contribution in [0.25, 0.3) is 22.2 Å². The van der Waals surface area contributed by atoms with Crippen molar-refractivity contribution in [2.75, 3.05) is 6.54 Å². The molecule has 1 fully saturated rings. The number of aryl methyl sites for hydroxylation is 1. The summed E-state index contributed by atoms with van der Waals surface area (Å²) in [5, 5.41) is 6.36. The summed E-state index contributed by atoms with van der Waals surface area (Å²) in [5.74, 6) is 2.23. The van der Waals surface area contributed by atoms with Gasteiger partial charge in [-0.25, -0.2) is 0 Å². The molecule has 1 aromatic heterocycles. The van der Waals surface area contributed by atoms with Gasteiger partial charge in [0.15, 0.2) is 6.04 Å². The fourth-order valence-corrected chi connectivity index (χ4v) is 4.12. The minimum absolute atomic E-state index is 0.0602. The lowest BCUT2D eigenvalue weighted by Gasteiger charge is -2.08. The molecule has 0 saturated carbocycles. The van der Waals surface area contributed by atoms with E-state index >= 15 is 0 Å². The number of aromatic nitrogens is 2. The first-order valence-electron chi connectivity index (χ1n) is 10.8. The Morgan fingerprint density at radius 1 is 1.06 bits per heavy atom. The van der Waals surface area contributed by atoms with Crippen molar-refractivity contribution >= 4 is 16.7 Å². The molecular formula is C25H26N5O2+. The van der Waals surface area contributed by atoms with Gasteiger partial charge in [-0.15, -0.1) is 0 Å². The molecular weight excluding hydrogens is 402 g/mol. The fourth-order valence-electron chi connectivity index (χ4n) is 4.12. The molecule has 1 saturated heterocycles. The number of hydrogen-bond acceptors (Lipinski definition) is 4. The molecule has 0 bridgehead atoms. The summed E-state index contributed by atoms with van der Waals surface area (Å²) in [7, 11) is 0. The third kappa shape index (κ3) is 4.01. The zero-order valence-electron chi connectivity index (χ0n) is 18.0. The van der Waals surface area contributed by atoms with Crippen LogP contribution < -0.4 is 16.2 Å². The summed E-state index contributed by atoms with van der Waals surface area (Å²) < 4.78 is 13.4. The van der Waals surface area contributed by atoms with E-state index in [1.54, 1.807) is 0 Å². The largest absolute Gasteiger partial charge is 0.489 e. The summed E-state index contributed by atoms with van der Waals surface area (Å²) >= 11 is 0. The number of rotatable bonds is 5. The van der Waals surface area contributed by atoms with Crippen molar-refractivity contribution in [3.05, 3.63) is 77.7 Å². The van der Waals surface area contributed by atoms with E-state index in [0.29, 0.717) is 24.3 Å². The molecule has 0 spiro atoms. The Bertz CT molecular complexity index is 1290. The van der Waals surface area contributed by atoms with Gasteiger partial charge in [0, 0.05) is 5.56 Å². The number of fused-ring (bicyclic) bond motifs is 1. The van der Waals surface area contributed by atoms with Gasteiger partial charge in [-0.2, -0.15) is 4.98 Å². The number of benzene rings is 3. The predicted octanol–water partition coefficient (Wildman–Crippen LogP) is 3.90. The van der Waals surface area contributed by atoms with E-state index in [1.807, 2.05) is 34.9 Å². The first-order valence-corrected chi connectivity index (χ1v) is 10.8. The summed E-state index contributed by atoms with van der Waals surface area (Å²) in [6.07, 6.45) is 1.88. The van der Waals surface area contributed by atoms with E-state index < -0.39 is 0 Å². The molecule has 4 aromatic rings. The molecule has 162 valence electrons. The monoisotopic (exact) mass is 428 g/mol. The maximum atomic E-state index is 5.98. The first kappa shape index (κ1) is 20.1. The fraction of sp³-hybridized carbons (Fsp3) is 0.240. The van der Waals surface area contributed by atoms with E-state index in [4.69, 9.17) is 20.7 Å². The summed E-state index contributed by atoms with van der Waals surface area (Å²) in [6, 6.07) is 20.5. The van der Waals surface area contributed by atoms with Crippen LogP contribution in [0, 0.1) is 6.92 Å². The van der Waals surface area contributed by atoms with Crippen molar-refractivity contribution in [2.24, 2.45) is 11.5 Å². The Hall–Kier alpha value is -3.87. The maximum Gasteiger partial charge on any atom is 0.341 e. The van der Waals surface area contributed by atoms with Gasteiger partial charge in [0.2, 0.25) is 5.82 Å². The highest BCUT2D eigenvalue weighted by Gasteiger charge is 2.31. The van der Waals surface area contributed by atoms with Crippen molar-refractivity contribution in [3.63, 3.8) is 0 Å². The van der Waals surface area contributed by atoms with E-state index in [1.165, 1.54) is 5.56 Å². The third-order valence-electron chi connectivity index (χ3n) is 5.91. The third-order valence-corrected chi connectivity index (χ3v) is 5.91. The van der Waals surface area contributed by atoms with Crippen LogP contribution in [0.1, 0.15) is 35.9 Å². The van der Waals surface area contributed by atoms with Crippen molar-refractivity contribution in [1.82, 2.24) is 10.1 Å². The maximum absolute atomic E-state index is 5.98. The summed E-state index contributed by atoms with van der Waals surface area (Å²) in [5.41, 5.74) is 14.9. The first-order chi connectivity index (χ1) is 15.6. The number of nitrogens with two attached hydrogens (primary N) is 2. The predicted molar refractivity (Wildman–Crippen MR) is 123 cm³/mol. The van der Waals surface area contributed by atoms with Gasteiger partial charge in [-0.05, 0) is 54.3 Å². The number of nitrogens with zero attached hydrogens (tertiary/aromatic N) is 3. The van der Waals surface area contributed by atoms with Gasteiger partial charge in [-0.3, -0.25) is 16.0 Å². The molecule has 1 aliphatic rings. The van der Waals surface area contributed by atoms with Crippen molar-refractivity contribution in [1.29, 1.82) is 0 Å². The topological polar surface area (TPSA) is 103 Å². The van der Waals surface area contributed by atoms with Crippen LogP contribution in [-0.4, -0.2) is 27.2 Å². The van der Waals surface area contributed by atoms with E-state index in [2.05, 4.69) is 47.4 Å². The van der Waals surface area contributed by atoms with Crippen LogP contribution in [0.4, 0.5) is 0 Å². The molecule has 0 radical (unpaired) electrons. The highest BCUT2D eigenvalue weighted by molar-refractivity contribution is 5.87. The van der Waals surface area contributed by atoms with Crippen LogP contribution in [0.15, 0.2) is 65.2 Å². The number of guanidine groups is 1. The average Bonchev–Trinajstić information content (AvgIpc) is 3.48. The van der Waals surface area contributed by atoms with Gasteiger partial charge in [0.1, 0.15) is 12.4 Å². The SMILES string of the molecule is Cc1ccc(COc2ccc3cc(-c4noc([C@@H]5CCC[N+]5=C(N)N)n4)ccc3c2)cc1. The molecule has 4 N–H and O–H groups in total. The Morgan fingerprint density at radius 3 is 2.66 bits per heavy atom. The average molecular weight is 429 g/mol. The number of ether oxygens (including phenoxy) is 1. The standard InChI is InChI=1S/C25H25N5O2/c1-16-4-6-17(7-5-16)15-31-21-11-10-18-13-20(9-8-19(18)14-21)23-28-24(32-29-23)22-3-2-12-30(22)25(26)27/h4-11,13-14,22H,2-3,12,15H2,1H3,(H3,26,27)/p+1/t22-/m0/s1. The molecule has 2 heterocycles. The smallest absolute Gasteiger partial charge is 0.341 e. The van der Waals surface area contributed by atoms with Gasteiger partial charge in [0.25, 0.3) is 5.89 Å². The minimum atomic E-state index is -0.0602. The highest BCUT2D eigenvalue weighted by atomic mass is 16.5. The lowest BCUT2D eigenvalue weighted by Crippen LogP contribution is -2.35. The van der Waals surface area contributed by atoms with Crippen LogP contribution >= 0.6 is 0 Å². The van der Waals surface area contributed by atoms with Gasteiger partial charge >= 0.3 is 5.96 Å². The molecule has 3 aromatic carbocycles. The molecule has 0 aliphatic carbocycles. The quantitative estimate of drug-likeness (QED) is 0.369. The van der Waals surface area contributed by atoms with E-state index in [0.717, 1.165) is 47.0 Å². The molecule has 0 amide bonds. The minimum Gasteiger partial charge on any atom is -0.489 e. The second-order valence-corrected chi connectivity index (χ2v) is 8.23. The van der Waals surface area contributed by atoms with Crippen LogP contribution in [-0.2, 0) is 6.61 Å². The normalized spacial score (nSPS) is 15.9. The van der Waals surface area contributed by atoms with Crippen molar-refractivity contribution < 1.29 is 13.8 Å². The van der Waals surface area contributed by atoms with Crippen LogP contribution in [0.5, 0.6) is 5.75 Å². The molecule has 0 unspecified atom stereocenters. The Morgan fingerprint density at radius 2 is 1.84 bits per heavy atom. The lowest BCUT2D eigenvalue weighted by atomic mass is 10.1. The molecule has 32 heavy (non-hydrogen) atoms. The van der Waals surface area contributed by atoms with Gasteiger partial charge in [0.05, 0.1) is 6.54 Å². The second-order valence-electron chi connectivity index (χ2n) is 8.23. The van der Waals surface area contributed by atoms with E-state index in [-0.39, 0.29) is 6.04 Å². The summed E-state index contributed by atoms with van der Waals surface area (Å²) in [6.45, 7) is 3.42. The molecule has 7 nitrogen and oxygen atoms in total. The highest BCUT2D eigenvalue weighted by Crippen LogP contribution is 2.30. The van der Waals surface area contributed by atoms with Gasteiger partial charge in [-0.1, -0.05) is 53.2 Å². The van der Waals surface area contributed by atoms with Crippen molar-refractivity contribution in [2.45, 2.75) is 32.4 Å². The molecule has 1 atom stereocenters.